The zero-order chi connectivity index (χ0) is 19.2. The van der Waals surface area contributed by atoms with Crippen molar-refractivity contribution in [1.82, 2.24) is 9.80 Å². The fourth-order valence-corrected chi connectivity index (χ4v) is 6.14. The van der Waals surface area contributed by atoms with Crippen LogP contribution in [0.1, 0.15) is 58.4 Å². The van der Waals surface area contributed by atoms with E-state index in [4.69, 9.17) is 0 Å². The van der Waals surface area contributed by atoms with Gasteiger partial charge in [0.15, 0.2) is 0 Å². The van der Waals surface area contributed by atoms with E-state index in [1.165, 1.54) is 25.0 Å². The molecule has 3 aliphatic rings. The molecule has 2 heterocycles. The van der Waals surface area contributed by atoms with Gasteiger partial charge in [-0.1, -0.05) is 32.9 Å². The number of fused-ring (bicyclic) bond motifs is 2. The normalized spacial score (nSPS) is 31.3. The van der Waals surface area contributed by atoms with Crippen molar-refractivity contribution in [3.05, 3.63) is 35.6 Å². The number of piperidine rings is 1. The topological polar surface area (TPSA) is 23.6 Å². The molecule has 1 aliphatic carbocycles. The van der Waals surface area contributed by atoms with Gasteiger partial charge in [0.1, 0.15) is 5.82 Å². The number of hydrogen-bond donors (Lipinski definition) is 0. The molecular weight excluding hydrogens is 339 g/mol. The lowest BCUT2D eigenvalue weighted by Gasteiger charge is -2.40. The van der Waals surface area contributed by atoms with Crippen molar-refractivity contribution in [1.29, 1.82) is 0 Å². The van der Waals surface area contributed by atoms with Crippen LogP contribution in [0, 0.1) is 22.6 Å². The van der Waals surface area contributed by atoms with Gasteiger partial charge >= 0.3 is 0 Å². The molecule has 2 unspecified atom stereocenters. The number of halogens is 1. The van der Waals surface area contributed by atoms with Crippen LogP contribution in [0.3, 0.4) is 0 Å². The second-order valence-corrected chi connectivity index (χ2v) is 10.4. The van der Waals surface area contributed by atoms with Gasteiger partial charge in [-0.2, -0.15) is 0 Å². The van der Waals surface area contributed by atoms with Crippen LogP contribution in [0.4, 0.5) is 4.39 Å². The van der Waals surface area contributed by atoms with E-state index in [1.54, 1.807) is 0 Å². The highest BCUT2D eigenvalue weighted by atomic mass is 19.1. The van der Waals surface area contributed by atoms with Crippen LogP contribution < -0.4 is 0 Å². The maximum Gasteiger partial charge on any atom is 0.226 e. The lowest BCUT2D eigenvalue weighted by atomic mass is 9.65. The Morgan fingerprint density at radius 3 is 2.44 bits per heavy atom. The standard InChI is InChI=1S/C23H33FN2O/c1-22(2)12-20-13-23(3,15-22)16-26(20)21(27)18-8-10-25(11-9-18)14-17-4-6-19(24)7-5-17/h4-7,18,20H,8-16H2,1-3H3. The number of likely N-dealkylation sites (tertiary alicyclic amines) is 2. The van der Waals surface area contributed by atoms with E-state index in [2.05, 4.69) is 30.6 Å². The summed E-state index contributed by atoms with van der Waals surface area (Å²) in [6, 6.07) is 7.22. The Morgan fingerprint density at radius 2 is 1.78 bits per heavy atom. The van der Waals surface area contributed by atoms with Crippen molar-refractivity contribution in [2.24, 2.45) is 16.7 Å². The SMILES string of the molecule is CC1(C)CC2CC(C)(CN2C(=O)C2CCN(Cc3ccc(F)cc3)CC2)C1. The molecule has 0 aromatic heterocycles. The van der Waals surface area contributed by atoms with Crippen LogP contribution in [0.15, 0.2) is 24.3 Å². The second-order valence-electron chi connectivity index (χ2n) is 10.4. The number of rotatable bonds is 3. The lowest BCUT2D eigenvalue weighted by molar-refractivity contribution is -0.138. The molecule has 1 amide bonds. The Kier molecular flexibility index (Phi) is 4.82. The number of benzene rings is 1. The highest BCUT2D eigenvalue weighted by Gasteiger charge is 2.51. The van der Waals surface area contributed by atoms with Crippen molar-refractivity contribution < 1.29 is 9.18 Å². The maximum absolute atomic E-state index is 13.3. The molecule has 0 radical (unpaired) electrons. The first-order chi connectivity index (χ1) is 12.7. The third-order valence-corrected chi connectivity index (χ3v) is 6.95. The zero-order valence-corrected chi connectivity index (χ0v) is 17.0. The number of hydrogen-bond acceptors (Lipinski definition) is 2. The van der Waals surface area contributed by atoms with E-state index in [9.17, 15) is 9.18 Å². The zero-order valence-electron chi connectivity index (χ0n) is 17.0. The van der Waals surface area contributed by atoms with Crippen LogP contribution in [0.5, 0.6) is 0 Å². The molecule has 3 nitrogen and oxygen atoms in total. The number of nitrogens with zero attached hydrogens (tertiary/aromatic N) is 2. The van der Waals surface area contributed by atoms with E-state index in [0.29, 0.717) is 22.8 Å². The molecule has 2 bridgehead atoms. The summed E-state index contributed by atoms with van der Waals surface area (Å²) in [5.74, 6) is 0.402. The van der Waals surface area contributed by atoms with Crippen LogP contribution in [-0.2, 0) is 11.3 Å². The molecule has 2 atom stereocenters. The number of amides is 1. The largest absolute Gasteiger partial charge is 0.339 e. The molecule has 27 heavy (non-hydrogen) atoms. The summed E-state index contributed by atoms with van der Waals surface area (Å²) in [4.78, 5) is 17.9. The van der Waals surface area contributed by atoms with Crippen LogP contribution >= 0.6 is 0 Å². The van der Waals surface area contributed by atoms with Crippen molar-refractivity contribution >= 4 is 5.91 Å². The van der Waals surface area contributed by atoms with Gasteiger partial charge in [0.05, 0.1) is 0 Å². The first kappa shape index (κ1) is 18.9. The minimum Gasteiger partial charge on any atom is -0.339 e. The fourth-order valence-electron chi connectivity index (χ4n) is 6.14. The Hall–Kier alpha value is -1.42. The summed E-state index contributed by atoms with van der Waals surface area (Å²) >= 11 is 0. The van der Waals surface area contributed by atoms with Crippen LogP contribution in [0.2, 0.25) is 0 Å². The number of carbonyl (C=O) groups excluding carboxylic acids is 1. The highest BCUT2D eigenvalue weighted by Crippen LogP contribution is 2.52. The quantitative estimate of drug-likeness (QED) is 0.782. The fraction of sp³-hybridized carbons (Fsp3) is 0.696. The van der Waals surface area contributed by atoms with Gasteiger partial charge in [-0.3, -0.25) is 9.69 Å². The summed E-state index contributed by atoms with van der Waals surface area (Å²) in [5, 5.41) is 0. The first-order valence-electron chi connectivity index (χ1n) is 10.5. The smallest absolute Gasteiger partial charge is 0.226 e. The molecular formula is C23H33FN2O. The molecule has 3 fully saturated rings. The average molecular weight is 373 g/mol. The van der Waals surface area contributed by atoms with E-state index in [0.717, 1.165) is 51.0 Å². The molecule has 1 aromatic rings. The Balaban J connectivity index is 1.33. The minimum absolute atomic E-state index is 0.181. The van der Waals surface area contributed by atoms with E-state index >= 15 is 0 Å². The maximum atomic E-state index is 13.3. The van der Waals surface area contributed by atoms with E-state index in [-0.39, 0.29) is 11.7 Å². The number of carbonyl (C=O) groups is 1. The van der Waals surface area contributed by atoms with Gasteiger partial charge in [-0.05, 0) is 73.7 Å². The summed E-state index contributed by atoms with van der Waals surface area (Å²) < 4.78 is 13.1. The van der Waals surface area contributed by atoms with Crippen molar-refractivity contribution in [3.8, 4) is 0 Å². The lowest BCUT2D eigenvalue weighted by Crippen LogP contribution is -2.44. The third-order valence-electron chi connectivity index (χ3n) is 6.95. The van der Waals surface area contributed by atoms with Gasteiger partial charge in [0.25, 0.3) is 0 Å². The molecule has 1 aromatic carbocycles. The summed E-state index contributed by atoms with van der Waals surface area (Å²) in [6.07, 6.45) is 5.46. The van der Waals surface area contributed by atoms with Crippen molar-refractivity contribution in [3.63, 3.8) is 0 Å². The molecule has 1 saturated carbocycles. The molecule has 2 saturated heterocycles. The molecule has 4 rings (SSSR count). The Labute approximate surface area is 162 Å². The van der Waals surface area contributed by atoms with E-state index in [1.807, 2.05) is 12.1 Å². The van der Waals surface area contributed by atoms with Gasteiger partial charge in [-0.25, -0.2) is 4.39 Å². The molecule has 4 heteroatoms. The van der Waals surface area contributed by atoms with Gasteiger partial charge in [0, 0.05) is 25.0 Å². The predicted molar refractivity (Wildman–Crippen MR) is 106 cm³/mol. The van der Waals surface area contributed by atoms with Crippen LogP contribution in [0.25, 0.3) is 0 Å². The Morgan fingerprint density at radius 1 is 1.11 bits per heavy atom. The summed E-state index contributed by atoms with van der Waals surface area (Å²) in [7, 11) is 0. The van der Waals surface area contributed by atoms with Gasteiger partial charge < -0.3 is 4.90 Å². The monoisotopic (exact) mass is 372 g/mol. The van der Waals surface area contributed by atoms with E-state index < -0.39 is 0 Å². The molecule has 0 spiro atoms. The molecule has 148 valence electrons. The van der Waals surface area contributed by atoms with Gasteiger partial charge in [-0.15, -0.1) is 0 Å². The third kappa shape index (κ3) is 4.06. The predicted octanol–water partition coefficient (Wildman–Crippen LogP) is 4.46. The highest BCUT2D eigenvalue weighted by molar-refractivity contribution is 5.79. The first-order valence-corrected chi connectivity index (χ1v) is 10.5. The summed E-state index contributed by atoms with van der Waals surface area (Å²) in [6.45, 7) is 10.8. The molecule has 0 N–H and O–H groups in total. The van der Waals surface area contributed by atoms with Crippen LogP contribution in [-0.4, -0.2) is 41.4 Å². The minimum atomic E-state index is -0.184. The summed E-state index contributed by atoms with van der Waals surface area (Å²) in [5.41, 5.74) is 1.81. The average Bonchev–Trinajstić information content (AvgIpc) is 2.86. The van der Waals surface area contributed by atoms with Gasteiger partial charge in [0.2, 0.25) is 5.91 Å². The second kappa shape index (κ2) is 6.88. The van der Waals surface area contributed by atoms with Crippen molar-refractivity contribution in [2.75, 3.05) is 19.6 Å². The Bertz CT molecular complexity index is 693. The molecule has 2 aliphatic heterocycles. The van der Waals surface area contributed by atoms with Crippen molar-refractivity contribution in [2.45, 2.75) is 65.5 Å².